The maximum Gasteiger partial charge on any atom is 0.151 e. The van der Waals surface area contributed by atoms with Crippen LogP contribution < -0.4 is 0 Å². The molecule has 24 heavy (non-hydrogen) atoms. The van der Waals surface area contributed by atoms with Gasteiger partial charge in [0.15, 0.2) is 9.84 Å². The van der Waals surface area contributed by atoms with Gasteiger partial charge in [-0.05, 0) is 54.4 Å². The van der Waals surface area contributed by atoms with E-state index in [4.69, 9.17) is 0 Å². The Balaban J connectivity index is 2.14. The fourth-order valence-corrected chi connectivity index (χ4v) is 3.47. The molecule has 0 fully saturated rings. The average molecular weight is 345 g/mol. The van der Waals surface area contributed by atoms with Gasteiger partial charge in [-0.1, -0.05) is 6.07 Å². The largest absolute Gasteiger partial charge is 0.507 e. The van der Waals surface area contributed by atoms with Crippen LogP contribution in [-0.2, 0) is 15.6 Å². The van der Waals surface area contributed by atoms with E-state index in [9.17, 15) is 17.9 Å². The first-order valence-electron chi connectivity index (χ1n) is 7.30. The van der Waals surface area contributed by atoms with Gasteiger partial charge in [-0.3, -0.25) is 0 Å². The van der Waals surface area contributed by atoms with Gasteiger partial charge in [0.1, 0.15) is 11.6 Å². The number of sulfone groups is 1. The van der Waals surface area contributed by atoms with Gasteiger partial charge in [0, 0.05) is 17.2 Å². The summed E-state index contributed by atoms with van der Waals surface area (Å²) in [6.45, 7) is 1.87. The highest BCUT2D eigenvalue weighted by atomic mass is 32.2. The minimum Gasteiger partial charge on any atom is -0.507 e. The Bertz CT molecular complexity index is 1050. The Morgan fingerprint density at radius 2 is 1.88 bits per heavy atom. The number of pyridine rings is 1. The predicted molar refractivity (Wildman–Crippen MR) is 92.1 cm³/mol. The number of phenolic OH excluding ortho intramolecular Hbond substituents is 1. The van der Waals surface area contributed by atoms with Crippen molar-refractivity contribution in [3.05, 3.63) is 59.4 Å². The normalized spacial score (nSPS) is 11.8. The summed E-state index contributed by atoms with van der Waals surface area (Å²) < 4.78 is 36.4. The highest BCUT2D eigenvalue weighted by Crippen LogP contribution is 2.31. The van der Waals surface area contributed by atoms with Gasteiger partial charge in [-0.2, -0.15) is 0 Å². The molecule has 0 bridgehead atoms. The van der Waals surface area contributed by atoms with Crippen molar-refractivity contribution >= 4 is 20.7 Å². The molecule has 2 aromatic carbocycles. The topological polar surface area (TPSA) is 67.3 Å². The second-order valence-electron chi connectivity index (χ2n) is 5.91. The minimum absolute atomic E-state index is 0.0329. The van der Waals surface area contributed by atoms with Crippen LogP contribution in [0.25, 0.3) is 22.2 Å². The standard InChI is InChI=1S/C18H16FNO3S/c1-11-7-17(15-9-13(19)4-6-18(15)21)20-16-5-3-12(8-14(11)16)10-24(2,22)23/h3-9,21H,10H2,1-2H3. The molecule has 0 aliphatic carbocycles. The molecule has 1 N–H and O–H groups in total. The fourth-order valence-electron chi connectivity index (χ4n) is 2.69. The van der Waals surface area contributed by atoms with Crippen molar-refractivity contribution in [3.8, 4) is 17.0 Å². The second kappa shape index (κ2) is 5.87. The van der Waals surface area contributed by atoms with Crippen LogP contribution in [0.4, 0.5) is 4.39 Å². The van der Waals surface area contributed by atoms with E-state index in [1.54, 1.807) is 24.3 Å². The van der Waals surface area contributed by atoms with Crippen LogP contribution in [0, 0.1) is 12.7 Å². The molecule has 124 valence electrons. The highest BCUT2D eigenvalue weighted by molar-refractivity contribution is 7.89. The van der Waals surface area contributed by atoms with Crippen molar-refractivity contribution in [2.24, 2.45) is 0 Å². The van der Waals surface area contributed by atoms with Crippen molar-refractivity contribution in [3.63, 3.8) is 0 Å². The zero-order valence-electron chi connectivity index (χ0n) is 13.2. The minimum atomic E-state index is -3.12. The summed E-state index contributed by atoms with van der Waals surface area (Å²) in [5, 5.41) is 10.8. The molecular formula is C18H16FNO3S. The van der Waals surface area contributed by atoms with E-state index in [0.717, 1.165) is 10.9 Å². The van der Waals surface area contributed by atoms with Crippen molar-refractivity contribution in [2.45, 2.75) is 12.7 Å². The summed E-state index contributed by atoms with van der Waals surface area (Å²) in [6, 6.07) is 10.7. The molecule has 0 spiro atoms. The quantitative estimate of drug-likeness (QED) is 0.787. The molecule has 0 saturated heterocycles. The molecular weight excluding hydrogens is 329 g/mol. The predicted octanol–water partition coefficient (Wildman–Crippen LogP) is 3.60. The Labute approximate surface area is 139 Å². The first kappa shape index (κ1) is 16.4. The van der Waals surface area contributed by atoms with Gasteiger partial charge in [-0.15, -0.1) is 0 Å². The second-order valence-corrected chi connectivity index (χ2v) is 8.05. The lowest BCUT2D eigenvalue weighted by Gasteiger charge is -2.10. The number of phenols is 1. The Morgan fingerprint density at radius 3 is 2.58 bits per heavy atom. The summed E-state index contributed by atoms with van der Waals surface area (Å²) in [6.07, 6.45) is 1.19. The lowest BCUT2D eigenvalue weighted by molar-refractivity contribution is 0.475. The van der Waals surface area contributed by atoms with Gasteiger partial charge in [0.05, 0.1) is 17.0 Å². The average Bonchev–Trinajstić information content (AvgIpc) is 2.48. The first-order chi connectivity index (χ1) is 11.2. The summed E-state index contributed by atoms with van der Waals surface area (Å²) >= 11 is 0. The van der Waals surface area contributed by atoms with Crippen LogP contribution >= 0.6 is 0 Å². The third-order valence-corrected chi connectivity index (χ3v) is 4.60. The molecule has 0 amide bonds. The molecule has 3 rings (SSSR count). The Hall–Kier alpha value is -2.47. The van der Waals surface area contributed by atoms with Crippen LogP contribution in [0.1, 0.15) is 11.1 Å². The molecule has 0 saturated carbocycles. The van der Waals surface area contributed by atoms with E-state index in [0.29, 0.717) is 22.3 Å². The molecule has 3 aromatic rings. The first-order valence-corrected chi connectivity index (χ1v) is 9.36. The van der Waals surface area contributed by atoms with E-state index in [1.807, 2.05) is 6.92 Å². The van der Waals surface area contributed by atoms with Crippen LogP contribution in [0.3, 0.4) is 0 Å². The van der Waals surface area contributed by atoms with Gasteiger partial charge in [-0.25, -0.2) is 17.8 Å². The summed E-state index contributed by atoms with van der Waals surface area (Å²) in [4.78, 5) is 4.47. The molecule has 0 atom stereocenters. The molecule has 4 nitrogen and oxygen atoms in total. The smallest absolute Gasteiger partial charge is 0.151 e. The van der Waals surface area contributed by atoms with E-state index in [2.05, 4.69) is 4.98 Å². The van der Waals surface area contributed by atoms with Gasteiger partial charge in [0.2, 0.25) is 0 Å². The van der Waals surface area contributed by atoms with Crippen molar-refractivity contribution in [2.75, 3.05) is 6.26 Å². The van der Waals surface area contributed by atoms with Crippen molar-refractivity contribution < 1.29 is 17.9 Å². The SMILES string of the molecule is Cc1cc(-c2cc(F)ccc2O)nc2ccc(CS(C)(=O)=O)cc12. The summed E-state index contributed by atoms with van der Waals surface area (Å²) in [7, 11) is -3.12. The molecule has 6 heteroatoms. The number of nitrogens with zero attached hydrogens (tertiary/aromatic N) is 1. The number of hydrogen-bond acceptors (Lipinski definition) is 4. The van der Waals surface area contributed by atoms with Crippen LogP contribution in [0.15, 0.2) is 42.5 Å². The monoisotopic (exact) mass is 345 g/mol. The number of fused-ring (bicyclic) bond motifs is 1. The molecule has 0 aliphatic rings. The van der Waals surface area contributed by atoms with Gasteiger partial charge >= 0.3 is 0 Å². The molecule has 0 unspecified atom stereocenters. The zero-order valence-corrected chi connectivity index (χ0v) is 14.1. The Morgan fingerprint density at radius 1 is 1.12 bits per heavy atom. The van der Waals surface area contributed by atoms with Crippen LogP contribution in [0.5, 0.6) is 5.75 Å². The summed E-state index contributed by atoms with van der Waals surface area (Å²) in [5.74, 6) is -0.531. The number of benzene rings is 2. The lowest BCUT2D eigenvalue weighted by Crippen LogP contribution is -2.01. The number of aryl methyl sites for hydroxylation is 1. The molecule has 0 aliphatic heterocycles. The molecule has 1 heterocycles. The fraction of sp³-hybridized carbons (Fsp3) is 0.167. The molecule has 1 aromatic heterocycles. The number of halogens is 1. The highest BCUT2D eigenvalue weighted by Gasteiger charge is 2.12. The number of rotatable bonds is 3. The van der Waals surface area contributed by atoms with Gasteiger partial charge in [0.25, 0.3) is 0 Å². The third-order valence-electron chi connectivity index (χ3n) is 3.74. The van der Waals surface area contributed by atoms with Crippen LogP contribution in [0.2, 0.25) is 0 Å². The molecule has 0 radical (unpaired) electrons. The number of hydrogen-bond donors (Lipinski definition) is 1. The lowest BCUT2D eigenvalue weighted by atomic mass is 10.0. The Kier molecular flexibility index (Phi) is 4.01. The van der Waals surface area contributed by atoms with Crippen LogP contribution in [-0.4, -0.2) is 24.8 Å². The maximum atomic E-state index is 13.5. The van der Waals surface area contributed by atoms with Gasteiger partial charge < -0.3 is 5.11 Å². The van der Waals surface area contributed by atoms with Crippen molar-refractivity contribution in [1.82, 2.24) is 4.98 Å². The summed E-state index contributed by atoms with van der Waals surface area (Å²) in [5.41, 5.74) is 3.00. The maximum absolute atomic E-state index is 13.5. The number of aromatic nitrogens is 1. The zero-order chi connectivity index (χ0) is 17.5. The van der Waals surface area contributed by atoms with E-state index in [-0.39, 0.29) is 11.5 Å². The van der Waals surface area contributed by atoms with E-state index < -0.39 is 15.7 Å². The van der Waals surface area contributed by atoms with E-state index in [1.165, 1.54) is 24.5 Å². The van der Waals surface area contributed by atoms with E-state index >= 15 is 0 Å². The van der Waals surface area contributed by atoms with Crippen molar-refractivity contribution in [1.29, 1.82) is 0 Å². The third kappa shape index (κ3) is 3.38. The number of aromatic hydroxyl groups is 1.